The quantitative estimate of drug-likeness (QED) is 0.158. The molecule has 0 atom stereocenters. The Balaban J connectivity index is 1.27. The highest BCUT2D eigenvalue weighted by molar-refractivity contribution is 7.86. The summed E-state index contributed by atoms with van der Waals surface area (Å²) in [5.74, 6) is -1.96. The predicted octanol–water partition coefficient (Wildman–Crippen LogP) is 5.18. The average Bonchev–Trinajstić information content (AvgIpc) is 3.49. The summed E-state index contributed by atoms with van der Waals surface area (Å²) in [5.41, 5.74) is 2.88. The Morgan fingerprint density at radius 3 is 2.44 bits per heavy atom. The summed E-state index contributed by atoms with van der Waals surface area (Å²) < 4.78 is 33.8. The molecule has 210 valence electrons. The Labute approximate surface area is 237 Å². The summed E-state index contributed by atoms with van der Waals surface area (Å²) in [5, 5.41) is 19.5. The van der Waals surface area contributed by atoms with Gasteiger partial charge in [0.25, 0.3) is 21.9 Å². The number of hydroxylamine groups is 2. The topological polar surface area (TPSA) is 176 Å². The summed E-state index contributed by atoms with van der Waals surface area (Å²) in [6.07, 6.45) is 0.145. The van der Waals surface area contributed by atoms with E-state index in [0.717, 1.165) is 11.3 Å². The van der Waals surface area contributed by atoms with Crippen molar-refractivity contribution < 1.29 is 37.3 Å². The van der Waals surface area contributed by atoms with Gasteiger partial charge in [0.2, 0.25) is 0 Å². The summed E-state index contributed by atoms with van der Waals surface area (Å²) >= 11 is 1.15. The predicted molar refractivity (Wildman–Crippen MR) is 147 cm³/mol. The molecule has 3 aromatic carbocycles. The maximum absolute atomic E-state index is 12.1. The molecule has 2 amide bonds. The van der Waals surface area contributed by atoms with Crippen molar-refractivity contribution in [2.24, 2.45) is 10.2 Å². The SMILES string of the molecule is Cc1ccc2nc(-c3ccc(N=Nc4cc(CCC(=O)ON5C(=O)CCC5=O)ccc4O)cc3)sc2c1S(=O)(=O)O. The van der Waals surface area contributed by atoms with Gasteiger partial charge in [0.15, 0.2) is 0 Å². The van der Waals surface area contributed by atoms with Crippen molar-refractivity contribution in [3.05, 3.63) is 65.7 Å². The molecule has 0 spiro atoms. The van der Waals surface area contributed by atoms with Gasteiger partial charge in [-0.05, 0) is 66.9 Å². The van der Waals surface area contributed by atoms with Crippen LogP contribution in [0.3, 0.4) is 0 Å². The lowest BCUT2D eigenvalue weighted by Crippen LogP contribution is -2.32. The minimum Gasteiger partial charge on any atom is -0.506 e. The second-order valence-electron chi connectivity index (χ2n) is 9.17. The van der Waals surface area contributed by atoms with Gasteiger partial charge in [-0.2, -0.15) is 13.5 Å². The van der Waals surface area contributed by atoms with Crippen LogP contribution in [0.4, 0.5) is 11.4 Å². The van der Waals surface area contributed by atoms with Gasteiger partial charge in [-0.25, -0.2) is 9.78 Å². The van der Waals surface area contributed by atoms with Crippen molar-refractivity contribution in [3.8, 4) is 16.3 Å². The summed E-state index contributed by atoms with van der Waals surface area (Å²) in [7, 11) is -4.42. The molecule has 1 aliphatic heterocycles. The van der Waals surface area contributed by atoms with E-state index in [1.165, 1.54) is 6.07 Å². The number of aromatic nitrogens is 1. The molecule has 1 aromatic heterocycles. The molecule has 0 bridgehead atoms. The highest BCUT2D eigenvalue weighted by Crippen LogP contribution is 2.36. The maximum atomic E-state index is 12.1. The van der Waals surface area contributed by atoms with E-state index < -0.39 is 27.9 Å². The third-order valence-electron chi connectivity index (χ3n) is 6.21. The van der Waals surface area contributed by atoms with Gasteiger partial charge < -0.3 is 9.94 Å². The van der Waals surface area contributed by atoms with Crippen molar-refractivity contribution in [1.82, 2.24) is 10.0 Å². The monoisotopic (exact) mass is 594 g/mol. The fraction of sp³-hybridized carbons (Fsp3) is 0.185. The second-order valence-corrected chi connectivity index (χ2v) is 11.5. The van der Waals surface area contributed by atoms with Crippen LogP contribution in [0.1, 0.15) is 30.4 Å². The molecule has 5 rings (SSSR count). The molecule has 2 N–H and O–H groups in total. The Hall–Kier alpha value is -4.53. The lowest BCUT2D eigenvalue weighted by Gasteiger charge is -2.12. The molecule has 0 saturated carbocycles. The summed E-state index contributed by atoms with van der Waals surface area (Å²) in [6, 6.07) is 14.7. The number of carbonyl (C=O) groups is 3. The first-order chi connectivity index (χ1) is 19.5. The number of hydrogen-bond acceptors (Lipinski definition) is 11. The van der Waals surface area contributed by atoms with Gasteiger partial charge in [0, 0.05) is 18.4 Å². The number of fused-ring (bicyclic) bond motifs is 1. The molecule has 1 fully saturated rings. The molecule has 4 aromatic rings. The number of imide groups is 1. The molecule has 14 heteroatoms. The third-order valence-corrected chi connectivity index (χ3v) is 8.52. The number of carbonyl (C=O) groups excluding carboxylic acids is 3. The number of azo groups is 1. The number of phenols is 1. The molecule has 0 unspecified atom stereocenters. The summed E-state index contributed by atoms with van der Waals surface area (Å²) in [4.78, 5) is 44.5. The van der Waals surface area contributed by atoms with E-state index >= 15 is 0 Å². The smallest absolute Gasteiger partial charge is 0.333 e. The van der Waals surface area contributed by atoms with Gasteiger partial charge in [0.05, 0.1) is 22.3 Å². The van der Waals surface area contributed by atoms with Crippen LogP contribution in [0.2, 0.25) is 0 Å². The van der Waals surface area contributed by atoms with E-state index in [1.807, 2.05) is 0 Å². The number of benzene rings is 3. The van der Waals surface area contributed by atoms with Crippen molar-refractivity contribution in [1.29, 1.82) is 0 Å². The number of phenolic OH excluding ortho intramolecular Hbond substituents is 1. The van der Waals surface area contributed by atoms with Gasteiger partial charge in [-0.3, -0.25) is 14.1 Å². The van der Waals surface area contributed by atoms with E-state index in [0.29, 0.717) is 42.7 Å². The minimum absolute atomic E-state index is 0.0146. The van der Waals surface area contributed by atoms with Crippen molar-refractivity contribution >= 4 is 60.8 Å². The first-order valence-corrected chi connectivity index (χ1v) is 14.5. The lowest BCUT2D eigenvalue weighted by molar-refractivity contribution is -0.197. The molecule has 2 heterocycles. The first-order valence-electron chi connectivity index (χ1n) is 12.3. The molecule has 1 aliphatic rings. The van der Waals surface area contributed by atoms with Crippen LogP contribution in [-0.2, 0) is 35.8 Å². The number of nitrogens with zero attached hydrogens (tertiary/aromatic N) is 4. The number of thiazole rings is 1. The van der Waals surface area contributed by atoms with E-state index in [1.54, 1.807) is 55.5 Å². The molecule has 12 nitrogen and oxygen atoms in total. The zero-order chi connectivity index (χ0) is 29.3. The van der Waals surface area contributed by atoms with E-state index in [2.05, 4.69) is 15.2 Å². The number of rotatable bonds is 8. The standard InChI is InChI=1S/C27H22N4O8S2/c1-15-2-9-19-25(26(15)41(36,37)38)40-27(28-19)17-5-7-18(8-6-17)29-30-20-14-16(3-10-21(20)32)4-13-24(35)39-31-22(33)11-12-23(31)34/h2-3,5-10,14,32H,4,11-13H2,1H3,(H,36,37,38). The van der Waals surface area contributed by atoms with Gasteiger partial charge in [0.1, 0.15) is 21.3 Å². The molecule has 41 heavy (non-hydrogen) atoms. The van der Waals surface area contributed by atoms with Crippen LogP contribution in [-0.4, -0.2) is 45.9 Å². The number of aryl methyl sites for hydroxylation is 2. The van der Waals surface area contributed by atoms with Crippen LogP contribution >= 0.6 is 11.3 Å². The second kappa shape index (κ2) is 11.2. The number of amides is 2. The van der Waals surface area contributed by atoms with Gasteiger partial charge >= 0.3 is 5.97 Å². The van der Waals surface area contributed by atoms with Gasteiger partial charge in [-0.1, -0.05) is 12.1 Å². The Morgan fingerprint density at radius 1 is 1.05 bits per heavy atom. The van der Waals surface area contributed by atoms with Crippen molar-refractivity contribution in [3.63, 3.8) is 0 Å². The largest absolute Gasteiger partial charge is 0.506 e. The van der Waals surface area contributed by atoms with Crippen LogP contribution < -0.4 is 0 Å². The van der Waals surface area contributed by atoms with Crippen molar-refractivity contribution in [2.45, 2.75) is 37.5 Å². The van der Waals surface area contributed by atoms with E-state index in [-0.39, 0.29) is 42.0 Å². The Bertz CT molecular complexity index is 1820. The molecular formula is C27H22N4O8S2. The zero-order valence-corrected chi connectivity index (χ0v) is 23.1. The third kappa shape index (κ3) is 6.14. The zero-order valence-electron chi connectivity index (χ0n) is 21.5. The average molecular weight is 595 g/mol. The molecule has 1 saturated heterocycles. The maximum Gasteiger partial charge on any atom is 0.333 e. The summed E-state index contributed by atoms with van der Waals surface area (Å²) in [6.45, 7) is 1.60. The molecular weight excluding hydrogens is 572 g/mol. The van der Waals surface area contributed by atoms with Gasteiger partial charge in [-0.15, -0.1) is 21.5 Å². The lowest BCUT2D eigenvalue weighted by atomic mass is 10.1. The normalized spacial score (nSPS) is 14.0. The fourth-order valence-electron chi connectivity index (χ4n) is 4.15. The highest BCUT2D eigenvalue weighted by Gasteiger charge is 2.32. The minimum atomic E-state index is -4.42. The van der Waals surface area contributed by atoms with Crippen LogP contribution in [0, 0.1) is 6.92 Å². The Morgan fingerprint density at radius 2 is 1.76 bits per heavy atom. The number of hydrogen-bond donors (Lipinski definition) is 2. The van der Waals surface area contributed by atoms with Crippen molar-refractivity contribution in [2.75, 3.05) is 0 Å². The number of aromatic hydroxyl groups is 1. The fourth-order valence-corrected chi connectivity index (χ4v) is 6.47. The molecule has 0 aliphatic carbocycles. The molecule has 0 radical (unpaired) electrons. The van der Waals surface area contributed by atoms with Crippen LogP contribution in [0.25, 0.3) is 20.8 Å². The van der Waals surface area contributed by atoms with Crippen LogP contribution in [0.5, 0.6) is 5.75 Å². The Kier molecular flexibility index (Phi) is 7.62. The van der Waals surface area contributed by atoms with E-state index in [9.17, 15) is 32.5 Å². The van der Waals surface area contributed by atoms with E-state index in [4.69, 9.17) is 4.84 Å². The highest BCUT2D eigenvalue weighted by atomic mass is 32.2. The van der Waals surface area contributed by atoms with Crippen LogP contribution in [0.15, 0.2) is 69.7 Å². The first kappa shape index (κ1) is 28.0.